The molecule has 0 radical (unpaired) electrons. The molecule has 0 saturated carbocycles. The molecule has 3 aromatic rings. The van der Waals surface area contributed by atoms with Crippen molar-refractivity contribution in [1.29, 1.82) is 0 Å². The van der Waals surface area contributed by atoms with E-state index in [0.717, 1.165) is 16.0 Å². The van der Waals surface area contributed by atoms with Crippen LogP contribution in [-0.4, -0.2) is 35.8 Å². The summed E-state index contributed by atoms with van der Waals surface area (Å²) in [5.74, 6) is -0.697. The van der Waals surface area contributed by atoms with Crippen LogP contribution in [0.2, 0.25) is 5.02 Å². The van der Waals surface area contributed by atoms with E-state index in [4.69, 9.17) is 11.6 Å². The van der Waals surface area contributed by atoms with Gasteiger partial charge in [0.15, 0.2) is 0 Å². The summed E-state index contributed by atoms with van der Waals surface area (Å²) in [5.41, 5.74) is 1.77. The van der Waals surface area contributed by atoms with Crippen molar-refractivity contribution in [2.24, 2.45) is 0 Å². The van der Waals surface area contributed by atoms with E-state index < -0.39 is 17.5 Å². The smallest absolute Gasteiger partial charge is 0.325 e. The van der Waals surface area contributed by atoms with Crippen molar-refractivity contribution in [2.75, 3.05) is 13.1 Å². The Labute approximate surface area is 210 Å². The Morgan fingerprint density at radius 3 is 2.06 bits per heavy atom. The standard InChI is InChI=1S/C28H28ClN3O3/c1-2-28(22-13-15-23(29)16-14-22)26(34)32(27(35)31-28)19-25(33)30-18-17-24(20-9-5-3-6-10-20)21-11-7-4-8-12-21/h3-16,24H,2,17-19H2,1H3,(H,30,33)(H,31,35). The van der Waals surface area contributed by atoms with Crippen molar-refractivity contribution in [3.05, 3.63) is 107 Å². The summed E-state index contributed by atoms with van der Waals surface area (Å²) in [6.45, 7) is 1.90. The van der Waals surface area contributed by atoms with Gasteiger partial charge in [-0.05, 0) is 41.7 Å². The molecule has 4 amide bonds. The van der Waals surface area contributed by atoms with Crippen LogP contribution in [0.1, 0.15) is 42.4 Å². The molecule has 2 N–H and O–H groups in total. The lowest BCUT2D eigenvalue weighted by Crippen LogP contribution is -2.45. The van der Waals surface area contributed by atoms with Gasteiger partial charge in [-0.3, -0.25) is 14.5 Å². The van der Waals surface area contributed by atoms with Crippen LogP contribution in [0.5, 0.6) is 0 Å². The topological polar surface area (TPSA) is 78.5 Å². The summed E-state index contributed by atoms with van der Waals surface area (Å²) in [6.07, 6.45) is 1.04. The van der Waals surface area contributed by atoms with E-state index in [1.807, 2.05) is 43.3 Å². The van der Waals surface area contributed by atoms with E-state index >= 15 is 0 Å². The van der Waals surface area contributed by atoms with E-state index in [9.17, 15) is 14.4 Å². The van der Waals surface area contributed by atoms with Gasteiger partial charge in [0, 0.05) is 17.5 Å². The Bertz CT molecular complexity index is 1150. The number of carbonyl (C=O) groups excluding carboxylic acids is 3. The maximum atomic E-state index is 13.3. The Kier molecular flexibility index (Phi) is 7.51. The minimum absolute atomic E-state index is 0.118. The molecule has 1 heterocycles. The molecule has 6 nitrogen and oxygen atoms in total. The maximum absolute atomic E-state index is 13.3. The fourth-order valence-electron chi connectivity index (χ4n) is 4.60. The first kappa shape index (κ1) is 24.5. The van der Waals surface area contributed by atoms with Crippen LogP contribution in [0.15, 0.2) is 84.9 Å². The number of nitrogens with zero attached hydrogens (tertiary/aromatic N) is 1. The molecule has 1 saturated heterocycles. The second kappa shape index (κ2) is 10.7. The fourth-order valence-corrected chi connectivity index (χ4v) is 4.72. The quantitative estimate of drug-likeness (QED) is 0.422. The molecule has 35 heavy (non-hydrogen) atoms. The molecule has 0 aliphatic carbocycles. The summed E-state index contributed by atoms with van der Waals surface area (Å²) < 4.78 is 0. The van der Waals surface area contributed by atoms with Gasteiger partial charge < -0.3 is 10.6 Å². The second-order valence-corrected chi connectivity index (χ2v) is 9.04. The number of hydrogen-bond donors (Lipinski definition) is 2. The Morgan fingerprint density at radius 1 is 0.943 bits per heavy atom. The largest absolute Gasteiger partial charge is 0.355 e. The summed E-state index contributed by atoms with van der Waals surface area (Å²) in [4.78, 5) is 39.7. The van der Waals surface area contributed by atoms with E-state index in [2.05, 4.69) is 34.9 Å². The molecule has 1 fully saturated rings. The summed E-state index contributed by atoms with van der Waals surface area (Å²) in [6, 6.07) is 26.5. The van der Waals surface area contributed by atoms with Crippen molar-refractivity contribution < 1.29 is 14.4 Å². The molecule has 0 aromatic heterocycles. The highest BCUT2D eigenvalue weighted by atomic mass is 35.5. The monoisotopic (exact) mass is 489 g/mol. The Hall–Kier alpha value is -3.64. The lowest BCUT2D eigenvalue weighted by atomic mass is 9.87. The van der Waals surface area contributed by atoms with Gasteiger partial charge in [-0.15, -0.1) is 0 Å². The van der Waals surface area contributed by atoms with Gasteiger partial charge in [-0.1, -0.05) is 91.3 Å². The van der Waals surface area contributed by atoms with Gasteiger partial charge in [0.1, 0.15) is 12.1 Å². The molecule has 1 aliphatic heterocycles. The normalized spacial score (nSPS) is 17.5. The first-order chi connectivity index (χ1) is 16.9. The summed E-state index contributed by atoms with van der Waals surface area (Å²) >= 11 is 5.98. The van der Waals surface area contributed by atoms with Gasteiger partial charge in [0.2, 0.25) is 5.91 Å². The Morgan fingerprint density at radius 2 is 1.51 bits per heavy atom. The van der Waals surface area contributed by atoms with Gasteiger partial charge in [-0.25, -0.2) is 4.79 Å². The molecule has 1 atom stereocenters. The molecular formula is C28H28ClN3O3. The third-order valence-corrected chi connectivity index (χ3v) is 6.76. The minimum atomic E-state index is -1.20. The number of hydrogen-bond acceptors (Lipinski definition) is 3. The first-order valence-electron chi connectivity index (χ1n) is 11.7. The highest BCUT2D eigenvalue weighted by molar-refractivity contribution is 6.30. The molecule has 180 valence electrons. The van der Waals surface area contributed by atoms with Crippen LogP contribution in [-0.2, 0) is 15.1 Å². The van der Waals surface area contributed by atoms with Crippen molar-refractivity contribution in [3.8, 4) is 0 Å². The average Bonchev–Trinajstić information content (AvgIpc) is 3.13. The number of nitrogens with one attached hydrogen (secondary N) is 2. The molecule has 7 heteroatoms. The van der Waals surface area contributed by atoms with Gasteiger partial charge in [0.05, 0.1) is 0 Å². The van der Waals surface area contributed by atoms with Crippen molar-refractivity contribution in [1.82, 2.24) is 15.5 Å². The van der Waals surface area contributed by atoms with Crippen LogP contribution in [0.25, 0.3) is 0 Å². The lowest BCUT2D eigenvalue weighted by molar-refractivity contribution is -0.135. The molecular weight excluding hydrogens is 462 g/mol. The van der Waals surface area contributed by atoms with E-state index in [0.29, 0.717) is 30.0 Å². The predicted octanol–water partition coefficient (Wildman–Crippen LogP) is 4.84. The second-order valence-electron chi connectivity index (χ2n) is 8.60. The molecule has 4 rings (SSSR count). The molecule has 0 bridgehead atoms. The number of rotatable bonds is 9. The molecule has 3 aromatic carbocycles. The number of benzene rings is 3. The first-order valence-corrected chi connectivity index (χ1v) is 12.1. The zero-order valence-electron chi connectivity index (χ0n) is 19.5. The van der Waals surface area contributed by atoms with Crippen molar-refractivity contribution in [3.63, 3.8) is 0 Å². The molecule has 1 aliphatic rings. The number of amides is 4. The van der Waals surface area contributed by atoms with E-state index in [1.165, 1.54) is 0 Å². The van der Waals surface area contributed by atoms with Crippen LogP contribution in [0, 0.1) is 0 Å². The third-order valence-electron chi connectivity index (χ3n) is 6.50. The van der Waals surface area contributed by atoms with Crippen molar-refractivity contribution >= 4 is 29.4 Å². The van der Waals surface area contributed by atoms with Crippen LogP contribution < -0.4 is 10.6 Å². The number of halogens is 1. The zero-order valence-corrected chi connectivity index (χ0v) is 20.3. The summed E-state index contributed by atoms with van der Waals surface area (Å²) in [5, 5.41) is 6.21. The zero-order chi connectivity index (χ0) is 24.8. The van der Waals surface area contributed by atoms with Gasteiger partial charge >= 0.3 is 6.03 Å². The van der Waals surface area contributed by atoms with Crippen LogP contribution in [0.4, 0.5) is 4.79 Å². The minimum Gasteiger partial charge on any atom is -0.355 e. The SMILES string of the molecule is CCC1(c2ccc(Cl)cc2)NC(=O)N(CC(=O)NCCC(c2ccccc2)c2ccccc2)C1=O. The van der Waals surface area contributed by atoms with Crippen molar-refractivity contribution in [2.45, 2.75) is 31.2 Å². The van der Waals surface area contributed by atoms with Crippen LogP contribution in [0.3, 0.4) is 0 Å². The maximum Gasteiger partial charge on any atom is 0.325 e. The predicted molar refractivity (Wildman–Crippen MR) is 136 cm³/mol. The highest BCUT2D eigenvalue weighted by Gasteiger charge is 2.51. The third kappa shape index (κ3) is 5.23. The van der Waals surface area contributed by atoms with E-state index in [-0.39, 0.29) is 18.4 Å². The highest BCUT2D eigenvalue weighted by Crippen LogP contribution is 2.33. The summed E-state index contributed by atoms with van der Waals surface area (Å²) in [7, 11) is 0. The van der Waals surface area contributed by atoms with E-state index in [1.54, 1.807) is 24.3 Å². The van der Waals surface area contributed by atoms with Crippen LogP contribution >= 0.6 is 11.6 Å². The number of carbonyl (C=O) groups is 3. The van der Waals surface area contributed by atoms with Gasteiger partial charge in [0.25, 0.3) is 5.91 Å². The Balaban J connectivity index is 1.40. The average molecular weight is 490 g/mol. The number of urea groups is 1. The molecule has 1 unspecified atom stereocenters. The van der Waals surface area contributed by atoms with Gasteiger partial charge in [-0.2, -0.15) is 0 Å². The molecule has 0 spiro atoms. The fraction of sp³-hybridized carbons (Fsp3) is 0.250. The lowest BCUT2D eigenvalue weighted by Gasteiger charge is -2.25. The number of imide groups is 1.